The Bertz CT molecular complexity index is 161. The van der Waals surface area contributed by atoms with E-state index in [0.29, 0.717) is 5.92 Å². The Morgan fingerprint density at radius 1 is 0.833 bits per heavy atom. The summed E-state index contributed by atoms with van der Waals surface area (Å²) in [5.41, 5.74) is 0. The van der Waals surface area contributed by atoms with Crippen LogP contribution in [0, 0.1) is 5.92 Å². The second kappa shape index (κ2) is 13.7. The van der Waals surface area contributed by atoms with Gasteiger partial charge in [0.15, 0.2) is 6.29 Å². The molecular weight excluding hydrogens is 244 g/mol. The van der Waals surface area contributed by atoms with Gasteiger partial charge >= 0.3 is 0 Å². The number of methoxy groups -OCH3 is 2. The van der Waals surface area contributed by atoms with Gasteiger partial charge in [-0.3, -0.25) is 0 Å². The highest BCUT2D eigenvalue weighted by Gasteiger charge is 2.19. The summed E-state index contributed by atoms with van der Waals surface area (Å²) in [5.74, 6) is 1.48. The molecule has 2 nitrogen and oxygen atoms in total. The molecule has 0 aliphatic carbocycles. The quantitative estimate of drug-likeness (QED) is 0.299. The Balaban J connectivity index is 3.78. The minimum atomic E-state index is -0.0412. The van der Waals surface area contributed by atoms with E-state index in [2.05, 4.69) is 19.6 Å². The van der Waals surface area contributed by atoms with Crippen molar-refractivity contribution < 1.29 is 9.47 Å². The Hall–Kier alpha value is 0.270. The van der Waals surface area contributed by atoms with Gasteiger partial charge in [-0.05, 0) is 25.0 Å². The first-order valence-corrected chi connectivity index (χ1v) is 8.09. The first-order valence-electron chi connectivity index (χ1n) is 7.46. The van der Waals surface area contributed by atoms with Crippen LogP contribution in [0.1, 0.15) is 64.7 Å². The van der Waals surface area contributed by atoms with Crippen LogP contribution in [0.15, 0.2) is 0 Å². The average Bonchev–Trinajstić information content (AvgIpc) is 2.40. The van der Waals surface area contributed by atoms with Crippen LogP contribution >= 0.6 is 12.6 Å². The van der Waals surface area contributed by atoms with Crippen molar-refractivity contribution in [3.63, 3.8) is 0 Å². The van der Waals surface area contributed by atoms with Gasteiger partial charge in [0.25, 0.3) is 0 Å². The number of unbranched alkanes of at least 4 members (excludes halogenated alkanes) is 5. The standard InChI is InChI=1S/C15H32O2S/c1-4-5-6-7-8-9-11-14(12-10-13-18)15(16-2)17-3/h14-15,18H,4-13H2,1-3H3. The monoisotopic (exact) mass is 276 g/mol. The van der Waals surface area contributed by atoms with Crippen LogP contribution in [0.3, 0.4) is 0 Å². The normalized spacial score (nSPS) is 13.2. The molecule has 0 aromatic heterocycles. The fraction of sp³-hybridized carbons (Fsp3) is 1.00. The van der Waals surface area contributed by atoms with Crippen molar-refractivity contribution in [2.45, 2.75) is 71.0 Å². The molecule has 0 saturated heterocycles. The number of thiol groups is 1. The van der Waals surface area contributed by atoms with Crippen molar-refractivity contribution in [3.05, 3.63) is 0 Å². The number of hydrogen-bond donors (Lipinski definition) is 1. The molecule has 3 heteroatoms. The van der Waals surface area contributed by atoms with E-state index in [4.69, 9.17) is 9.47 Å². The van der Waals surface area contributed by atoms with Crippen LogP contribution in [-0.2, 0) is 9.47 Å². The van der Waals surface area contributed by atoms with E-state index in [1.54, 1.807) is 14.2 Å². The first kappa shape index (κ1) is 18.3. The molecule has 0 aliphatic rings. The SMILES string of the molecule is CCCCCCCCC(CCCS)C(OC)OC. The minimum absolute atomic E-state index is 0.0412. The highest BCUT2D eigenvalue weighted by molar-refractivity contribution is 7.80. The molecule has 0 aromatic carbocycles. The van der Waals surface area contributed by atoms with Crippen LogP contribution in [0.25, 0.3) is 0 Å². The molecule has 0 aromatic rings. The maximum atomic E-state index is 5.41. The third-order valence-electron chi connectivity index (χ3n) is 3.51. The van der Waals surface area contributed by atoms with E-state index >= 15 is 0 Å². The summed E-state index contributed by atoms with van der Waals surface area (Å²) in [6.45, 7) is 2.26. The summed E-state index contributed by atoms with van der Waals surface area (Å²) in [4.78, 5) is 0. The zero-order chi connectivity index (χ0) is 13.6. The van der Waals surface area contributed by atoms with E-state index in [0.717, 1.165) is 18.6 Å². The molecule has 0 amide bonds. The molecule has 18 heavy (non-hydrogen) atoms. The van der Waals surface area contributed by atoms with Crippen LogP contribution in [0.4, 0.5) is 0 Å². The predicted molar refractivity (Wildman–Crippen MR) is 82.4 cm³/mol. The lowest BCUT2D eigenvalue weighted by molar-refractivity contribution is -0.140. The van der Waals surface area contributed by atoms with Gasteiger partial charge < -0.3 is 9.47 Å². The fourth-order valence-electron chi connectivity index (χ4n) is 2.44. The number of hydrogen-bond acceptors (Lipinski definition) is 3. The van der Waals surface area contributed by atoms with Crippen LogP contribution in [-0.4, -0.2) is 26.3 Å². The molecule has 0 aliphatic heterocycles. The summed E-state index contributed by atoms with van der Waals surface area (Å²) in [7, 11) is 3.48. The van der Waals surface area contributed by atoms with Crippen molar-refractivity contribution in [3.8, 4) is 0 Å². The second-order valence-electron chi connectivity index (χ2n) is 5.02. The molecule has 0 radical (unpaired) electrons. The van der Waals surface area contributed by atoms with Crippen molar-refractivity contribution in [1.29, 1.82) is 0 Å². The molecule has 1 atom stereocenters. The van der Waals surface area contributed by atoms with Crippen molar-refractivity contribution in [1.82, 2.24) is 0 Å². The Kier molecular flexibility index (Phi) is 13.9. The van der Waals surface area contributed by atoms with Gasteiger partial charge in [0.2, 0.25) is 0 Å². The van der Waals surface area contributed by atoms with Crippen molar-refractivity contribution in [2.75, 3.05) is 20.0 Å². The molecule has 1 unspecified atom stereocenters. The van der Waals surface area contributed by atoms with Crippen LogP contribution in [0.2, 0.25) is 0 Å². The summed E-state index contributed by atoms with van der Waals surface area (Å²) in [6.07, 6.45) is 11.6. The van der Waals surface area contributed by atoms with Gasteiger partial charge in [-0.1, -0.05) is 45.4 Å². The van der Waals surface area contributed by atoms with E-state index < -0.39 is 0 Å². The average molecular weight is 276 g/mol. The zero-order valence-electron chi connectivity index (χ0n) is 12.5. The third kappa shape index (κ3) is 9.23. The minimum Gasteiger partial charge on any atom is -0.356 e. The van der Waals surface area contributed by atoms with Gasteiger partial charge in [0, 0.05) is 20.1 Å². The maximum absolute atomic E-state index is 5.41. The lowest BCUT2D eigenvalue weighted by Crippen LogP contribution is -2.25. The summed E-state index contributed by atoms with van der Waals surface area (Å²) >= 11 is 4.29. The Morgan fingerprint density at radius 3 is 1.94 bits per heavy atom. The predicted octanol–water partition coefficient (Wildman–Crippen LogP) is 4.68. The summed E-state index contributed by atoms with van der Waals surface area (Å²) in [6, 6.07) is 0. The molecule has 110 valence electrons. The van der Waals surface area contributed by atoms with E-state index in [1.165, 1.54) is 44.9 Å². The highest BCUT2D eigenvalue weighted by Crippen LogP contribution is 2.22. The molecular formula is C15H32O2S. The summed E-state index contributed by atoms with van der Waals surface area (Å²) < 4.78 is 10.8. The smallest absolute Gasteiger partial charge is 0.159 e. The molecule has 0 rings (SSSR count). The van der Waals surface area contributed by atoms with Gasteiger partial charge in [-0.25, -0.2) is 0 Å². The number of rotatable bonds is 13. The van der Waals surface area contributed by atoms with Crippen LogP contribution in [0.5, 0.6) is 0 Å². The van der Waals surface area contributed by atoms with E-state index in [1.807, 2.05) is 0 Å². The fourth-order valence-corrected chi connectivity index (χ4v) is 2.62. The van der Waals surface area contributed by atoms with Crippen LogP contribution < -0.4 is 0 Å². The zero-order valence-corrected chi connectivity index (χ0v) is 13.4. The Labute approximate surface area is 119 Å². The summed E-state index contributed by atoms with van der Waals surface area (Å²) in [5, 5.41) is 0. The molecule has 0 heterocycles. The third-order valence-corrected chi connectivity index (χ3v) is 3.83. The second-order valence-corrected chi connectivity index (χ2v) is 5.47. The van der Waals surface area contributed by atoms with Crippen molar-refractivity contribution in [2.24, 2.45) is 5.92 Å². The molecule has 0 spiro atoms. The van der Waals surface area contributed by atoms with E-state index in [-0.39, 0.29) is 6.29 Å². The topological polar surface area (TPSA) is 18.5 Å². The van der Waals surface area contributed by atoms with Gasteiger partial charge in [-0.2, -0.15) is 12.6 Å². The van der Waals surface area contributed by atoms with Gasteiger partial charge in [0.1, 0.15) is 0 Å². The Morgan fingerprint density at radius 2 is 1.39 bits per heavy atom. The molecule has 0 bridgehead atoms. The van der Waals surface area contributed by atoms with E-state index in [9.17, 15) is 0 Å². The molecule has 0 N–H and O–H groups in total. The highest BCUT2D eigenvalue weighted by atomic mass is 32.1. The molecule has 0 saturated carbocycles. The first-order chi connectivity index (χ1) is 8.79. The van der Waals surface area contributed by atoms with Gasteiger partial charge in [-0.15, -0.1) is 0 Å². The maximum Gasteiger partial charge on any atom is 0.159 e. The molecule has 0 fully saturated rings. The number of ether oxygens (including phenoxy) is 2. The van der Waals surface area contributed by atoms with Crippen molar-refractivity contribution >= 4 is 12.6 Å². The lowest BCUT2D eigenvalue weighted by Gasteiger charge is -2.24. The largest absolute Gasteiger partial charge is 0.356 e. The lowest BCUT2D eigenvalue weighted by atomic mass is 9.95. The van der Waals surface area contributed by atoms with Gasteiger partial charge in [0.05, 0.1) is 0 Å².